The van der Waals surface area contributed by atoms with Crippen LogP contribution in [-0.4, -0.2) is 0 Å². The number of benzene rings is 9. The molecule has 12 rings (SSSR count). The monoisotopic (exact) mass is 814 g/mol. The summed E-state index contributed by atoms with van der Waals surface area (Å²) >= 11 is 3.98. The Bertz CT molecular complexity index is 3710. The summed E-state index contributed by atoms with van der Waals surface area (Å²) in [5, 5.41) is 20.1. The van der Waals surface area contributed by atoms with Gasteiger partial charge in [0.25, 0.3) is 0 Å². The van der Waals surface area contributed by atoms with E-state index in [9.17, 15) is 0 Å². The maximum absolute atomic E-state index is 2.52. The molecule has 1 aliphatic heterocycles. The minimum Gasteiger partial charge on any atom is -0.115 e. The van der Waals surface area contributed by atoms with Crippen LogP contribution in [0.2, 0.25) is 0 Å². The molecule has 61 heavy (non-hydrogen) atoms. The molecule has 2 heteroatoms. The van der Waals surface area contributed by atoms with Crippen molar-refractivity contribution in [2.45, 2.75) is 40.1 Å². The Balaban J connectivity index is 1.25. The molecule has 0 aromatic heterocycles. The van der Waals surface area contributed by atoms with Crippen LogP contribution in [0.4, 0.5) is 0 Å². The Morgan fingerprint density at radius 2 is 0.557 bits per heavy atom. The Hall–Kier alpha value is -6.32. The average Bonchev–Trinajstić information content (AvgIpc) is 3.30. The largest absolute Gasteiger partial charge is 0.115 e. The molecular weight excluding hydrogens is 773 g/mol. The first-order valence-corrected chi connectivity index (χ1v) is 22.9. The number of rotatable bonds is 1. The molecule has 0 aliphatic carbocycles. The quantitative estimate of drug-likeness (QED) is 0.162. The van der Waals surface area contributed by atoms with Gasteiger partial charge in [0.15, 0.2) is 0 Å². The highest BCUT2D eigenvalue weighted by molar-refractivity contribution is 8.02. The second-order valence-electron chi connectivity index (χ2n) is 17.2. The maximum Gasteiger partial charge on any atom is 0.0687 e. The molecule has 290 valence electrons. The zero-order chi connectivity index (χ0) is 40.9. The highest BCUT2D eigenvalue weighted by atomic mass is 32.2. The summed E-state index contributed by atoms with van der Waals surface area (Å²) < 4.78 is -0.435. The summed E-state index contributed by atoms with van der Waals surface area (Å²) in [6, 6.07) is 75.6. The van der Waals surface area contributed by atoms with E-state index >= 15 is 0 Å². The number of thioether (sulfide) groups is 2. The minimum absolute atomic E-state index is 0.0770. The Kier molecular flexibility index (Phi) is 8.30. The summed E-state index contributed by atoms with van der Waals surface area (Å²) in [7, 11) is 0. The molecule has 1 aliphatic rings. The molecule has 1 atom stereocenters. The van der Waals surface area contributed by atoms with E-state index < -0.39 is 0 Å². The van der Waals surface area contributed by atoms with Crippen molar-refractivity contribution in [3.63, 3.8) is 0 Å². The number of hydrogen-bond donors (Lipinski definition) is 0. The highest BCUT2D eigenvalue weighted by Gasteiger charge is 2.39. The summed E-state index contributed by atoms with van der Waals surface area (Å²) in [4.78, 5) is 2.67. The molecule has 0 radical (unpaired) electrons. The van der Waals surface area contributed by atoms with Crippen LogP contribution in [-0.2, 0) is 9.49 Å². The standard InChI is InChI=1S/C59H42S2/c1-58(2)54-28-14-16-30-56(54)61-59(3,55-29-15-17-31-57(55)60-58)37-32-33-48-42-22-8-11-25-45(42)52-35-50-43-23-9-6-20-40(43)38-18-4-5-19-39(38)41-21-7-10-24-44(41)51(50)36-53(52)47-27-13-12-26-46(47)49(48)34-37/h4-36H,1-3H3. The van der Waals surface area contributed by atoms with Crippen molar-refractivity contribution in [2.24, 2.45) is 0 Å². The van der Waals surface area contributed by atoms with Crippen molar-refractivity contribution in [1.82, 2.24) is 0 Å². The van der Waals surface area contributed by atoms with Gasteiger partial charge in [-0.3, -0.25) is 0 Å². The van der Waals surface area contributed by atoms with Crippen LogP contribution in [0.5, 0.6) is 0 Å². The third kappa shape index (κ3) is 5.62. The predicted molar refractivity (Wildman–Crippen MR) is 268 cm³/mol. The average molecular weight is 815 g/mol. The van der Waals surface area contributed by atoms with Crippen LogP contribution >= 0.6 is 23.5 Å². The maximum atomic E-state index is 2.52. The van der Waals surface area contributed by atoms with Crippen LogP contribution in [0.3, 0.4) is 0 Å². The first-order chi connectivity index (χ1) is 29.9. The van der Waals surface area contributed by atoms with E-state index in [1.54, 1.807) is 0 Å². The van der Waals surface area contributed by atoms with Gasteiger partial charge in [0.05, 0.1) is 4.75 Å². The minimum atomic E-state index is -0.358. The summed E-state index contributed by atoms with van der Waals surface area (Å²) in [5.74, 6) is 0. The molecule has 0 saturated carbocycles. The summed E-state index contributed by atoms with van der Waals surface area (Å²) in [6.45, 7) is 7.17. The molecule has 11 aromatic carbocycles. The van der Waals surface area contributed by atoms with Gasteiger partial charge in [-0.2, -0.15) is 0 Å². The molecule has 0 spiro atoms. The van der Waals surface area contributed by atoms with E-state index in [1.165, 1.54) is 113 Å². The van der Waals surface area contributed by atoms with Gasteiger partial charge in [0, 0.05) is 14.5 Å². The van der Waals surface area contributed by atoms with Crippen molar-refractivity contribution in [2.75, 3.05) is 0 Å². The van der Waals surface area contributed by atoms with Gasteiger partial charge in [0.2, 0.25) is 0 Å². The van der Waals surface area contributed by atoms with E-state index in [1.807, 2.05) is 23.5 Å². The fraction of sp³-hybridized carbons (Fsp3) is 0.0847. The number of hydrogen-bond acceptors (Lipinski definition) is 2. The van der Waals surface area contributed by atoms with E-state index in [2.05, 4.69) is 221 Å². The van der Waals surface area contributed by atoms with Crippen LogP contribution < -0.4 is 0 Å². The molecule has 0 saturated heterocycles. The van der Waals surface area contributed by atoms with Gasteiger partial charge < -0.3 is 0 Å². The van der Waals surface area contributed by atoms with E-state index in [-0.39, 0.29) is 9.49 Å². The Labute approximate surface area is 364 Å². The van der Waals surface area contributed by atoms with Crippen LogP contribution in [0, 0.1) is 0 Å². The van der Waals surface area contributed by atoms with Crippen LogP contribution in [0.25, 0.3) is 86.2 Å². The zero-order valence-electron chi connectivity index (χ0n) is 34.4. The molecule has 0 N–H and O–H groups in total. The van der Waals surface area contributed by atoms with Gasteiger partial charge in [0.1, 0.15) is 0 Å². The lowest BCUT2D eigenvalue weighted by molar-refractivity contribution is 0.743. The SMILES string of the molecule is CC1(C)Sc2ccccc2C(C)(c2ccc3c4ccccc4c4cc5c6ccccc6c6ccccc6c6ccccc6c5cc4c4ccccc4c3c2)Sc2ccccc21. The molecular formula is C59H42S2. The molecule has 0 amide bonds. The second-order valence-corrected chi connectivity index (χ2v) is 20.3. The second kappa shape index (κ2) is 13.9. The van der Waals surface area contributed by atoms with Crippen molar-refractivity contribution in [3.8, 4) is 0 Å². The fourth-order valence-corrected chi connectivity index (χ4v) is 13.4. The normalized spacial score (nSPS) is 16.2. The Morgan fingerprint density at radius 3 is 0.967 bits per heavy atom. The predicted octanol–water partition coefficient (Wildman–Crippen LogP) is 17.4. The lowest BCUT2D eigenvalue weighted by atomic mass is 9.87. The molecule has 11 aromatic rings. The van der Waals surface area contributed by atoms with Gasteiger partial charge in [-0.25, -0.2) is 0 Å². The van der Waals surface area contributed by atoms with Crippen molar-refractivity contribution < 1.29 is 0 Å². The van der Waals surface area contributed by atoms with Gasteiger partial charge in [-0.05, 0) is 154 Å². The van der Waals surface area contributed by atoms with E-state index in [0.29, 0.717) is 0 Å². The van der Waals surface area contributed by atoms with Crippen LogP contribution in [0.1, 0.15) is 37.5 Å². The molecule has 1 unspecified atom stereocenters. The third-order valence-corrected chi connectivity index (χ3v) is 16.0. The number of fused-ring (bicyclic) bond motifs is 18. The van der Waals surface area contributed by atoms with Crippen molar-refractivity contribution in [1.29, 1.82) is 0 Å². The summed E-state index contributed by atoms with van der Waals surface area (Å²) in [6.07, 6.45) is 0. The van der Waals surface area contributed by atoms with Gasteiger partial charge >= 0.3 is 0 Å². The van der Waals surface area contributed by atoms with E-state index in [4.69, 9.17) is 0 Å². The Morgan fingerprint density at radius 1 is 0.262 bits per heavy atom. The van der Waals surface area contributed by atoms with Crippen LogP contribution in [0.15, 0.2) is 210 Å². The first kappa shape index (κ1) is 36.5. The lowest BCUT2D eigenvalue weighted by Gasteiger charge is -2.39. The molecule has 0 fully saturated rings. The lowest BCUT2D eigenvalue weighted by Crippen LogP contribution is -2.25. The van der Waals surface area contributed by atoms with Crippen molar-refractivity contribution >= 4 is 110 Å². The zero-order valence-corrected chi connectivity index (χ0v) is 36.0. The molecule has 1 heterocycles. The van der Waals surface area contributed by atoms with Crippen molar-refractivity contribution in [3.05, 3.63) is 217 Å². The fourth-order valence-electron chi connectivity index (χ4n) is 10.4. The topological polar surface area (TPSA) is 0 Å². The molecule has 0 bridgehead atoms. The molecule has 0 nitrogen and oxygen atoms in total. The van der Waals surface area contributed by atoms with Gasteiger partial charge in [-0.15, -0.1) is 23.5 Å². The highest BCUT2D eigenvalue weighted by Crippen LogP contribution is 2.57. The third-order valence-electron chi connectivity index (χ3n) is 13.3. The first-order valence-electron chi connectivity index (χ1n) is 21.3. The smallest absolute Gasteiger partial charge is 0.0687 e. The van der Waals surface area contributed by atoms with E-state index in [0.717, 1.165) is 0 Å². The summed E-state index contributed by atoms with van der Waals surface area (Å²) in [5.41, 5.74) is 4.04. The van der Waals surface area contributed by atoms with Gasteiger partial charge in [-0.1, -0.05) is 170 Å².